The third-order valence-electron chi connectivity index (χ3n) is 2.53. The summed E-state index contributed by atoms with van der Waals surface area (Å²) in [5, 5.41) is 15.5. The minimum absolute atomic E-state index is 0.355. The summed E-state index contributed by atoms with van der Waals surface area (Å²) in [6, 6.07) is 5.93. The Labute approximate surface area is 105 Å². The Balaban J connectivity index is 2.63. The Kier molecular flexibility index (Phi) is 5.65. The van der Waals surface area contributed by atoms with E-state index in [1.807, 2.05) is 6.92 Å². The van der Waals surface area contributed by atoms with Crippen LogP contribution in [-0.2, 0) is 0 Å². The smallest absolute Gasteiger partial charge is 0.123 e. The Bertz CT molecular complexity index is 488. The van der Waals surface area contributed by atoms with Gasteiger partial charge in [0.15, 0.2) is 0 Å². The summed E-state index contributed by atoms with van der Waals surface area (Å²) in [5.74, 6) is -0.355. The van der Waals surface area contributed by atoms with E-state index in [0.29, 0.717) is 25.1 Å². The number of hydrogen-bond acceptors (Lipinski definition) is 3. The van der Waals surface area contributed by atoms with Gasteiger partial charge in [0.2, 0.25) is 0 Å². The highest BCUT2D eigenvalue weighted by molar-refractivity contribution is 5.32. The Hall–Kier alpha value is -2.09. The predicted molar refractivity (Wildman–Crippen MR) is 66.1 cm³/mol. The summed E-state index contributed by atoms with van der Waals surface area (Å²) in [6.07, 6.45) is 0.636. The number of azide groups is 1. The van der Waals surface area contributed by atoms with Crippen LogP contribution in [0.5, 0.6) is 0 Å². The van der Waals surface area contributed by atoms with Crippen LogP contribution in [-0.4, -0.2) is 13.1 Å². The number of aryl methyl sites for hydroxylation is 1. The summed E-state index contributed by atoms with van der Waals surface area (Å²) >= 11 is 0. The molecule has 6 heteroatoms. The van der Waals surface area contributed by atoms with Crippen LogP contribution in [0.25, 0.3) is 10.4 Å². The first kappa shape index (κ1) is 14.0. The first-order valence-corrected chi connectivity index (χ1v) is 5.59. The molecule has 0 saturated carbocycles. The molecular weight excluding hydrogens is 233 g/mol. The molecule has 0 aromatic heterocycles. The van der Waals surface area contributed by atoms with E-state index in [4.69, 9.17) is 10.8 Å². The summed E-state index contributed by atoms with van der Waals surface area (Å²) in [7, 11) is 0. The van der Waals surface area contributed by atoms with Gasteiger partial charge in [0.1, 0.15) is 11.9 Å². The molecule has 0 aliphatic rings. The molecule has 1 atom stereocenters. The lowest BCUT2D eigenvalue weighted by atomic mass is 10.0. The normalized spacial score (nSPS) is 11.4. The summed E-state index contributed by atoms with van der Waals surface area (Å²) in [5.41, 5.74) is 9.62. The molecule has 0 spiro atoms. The Morgan fingerprint density at radius 3 is 3.06 bits per heavy atom. The monoisotopic (exact) mass is 247 g/mol. The van der Waals surface area contributed by atoms with Crippen molar-refractivity contribution in [1.29, 1.82) is 5.26 Å². The number of rotatable bonds is 6. The van der Waals surface area contributed by atoms with Crippen LogP contribution in [0.4, 0.5) is 4.39 Å². The van der Waals surface area contributed by atoms with Gasteiger partial charge in [-0.2, -0.15) is 5.26 Å². The maximum atomic E-state index is 13.1. The van der Waals surface area contributed by atoms with E-state index in [1.54, 1.807) is 6.07 Å². The largest absolute Gasteiger partial charge is 0.298 e. The standard InChI is InChI=1S/C12H14FN5/c1-9-3-4-10(13)7-11(9)12(8-14)16-5-2-6-17-18-15/h3-4,7,12,16H,2,5-6H2,1H3. The number of halogens is 1. The number of hydrogen-bond donors (Lipinski definition) is 1. The molecule has 18 heavy (non-hydrogen) atoms. The highest BCUT2D eigenvalue weighted by atomic mass is 19.1. The van der Waals surface area contributed by atoms with Crippen molar-refractivity contribution in [3.05, 3.63) is 45.6 Å². The zero-order valence-corrected chi connectivity index (χ0v) is 10.1. The first-order valence-electron chi connectivity index (χ1n) is 5.59. The molecule has 0 saturated heterocycles. The molecule has 0 radical (unpaired) electrons. The van der Waals surface area contributed by atoms with E-state index in [0.717, 1.165) is 5.56 Å². The highest BCUT2D eigenvalue weighted by Gasteiger charge is 2.12. The van der Waals surface area contributed by atoms with E-state index < -0.39 is 6.04 Å². The zero-order valence-electron chi connectivity index (χ0n) is 10.1. The lowest BCUT2D eigenvalue weighted by molar-refractivity contribution is 0.591. The second-order valence-electron chi connectivity index (χ2n) is 3.83. The predicted octanol–water partition coefficient (Wildman–Crippen LogP) is 2.99. The summed E-state index contributed by atoms with van der Waals surface area (Å²) in [4.78, 5) is 2.64. The van der Waals surface area contributed by atoms with Crippen LogP contribution in [0.15, 0.2) is 23.3 Å². The van der Waals surface area contributed by atoms with E-state index in [-0.39, 0.29) is 5.82 Å². The van der Waals surface area contributed by atoms with Gasteiger partial charge in [0.05, 0.1) is 6.07 Å². The zero-order chi connectivity index (χ0) is 13.4. The number of benzene rings is 1. The molecule has 0 heterocycles. The van der Waals surface area contributed by atoms with Gasteiger partial charge in [-0.15, -0.1) is 0 Å². The second kappa shape index (κ2) is 7.28. The van der Waals surface area contributed by atoms with Crippen molar-refractivity contribution in [1.82, 2.24) is 5.32 Å². The fourth-order valence-electron chi connectivity index (χ4n) is 1.59. The molecule has 94 valence electrons. The lowest BCUT2D eigenvalue weighted by Crippen LogP contribution is -2.22. The molecule has 1 unspecified atom stereocenters. The topological polar surface area (TPSA) is 84.6 Å². The fourth-order valence-corrected chi connectivity index (χ4v) is 1.59. The molecule has 0 bridgehead atoms. The molecule has 1 rings (SSSR count). The van der Waals surface area contributed by atoms with Crippen LogP contribution in [0.2, 0.25) is 0 Å². The molecule has 1 aromatic carbocycles. The quantitative estimate of drug-likeness (QED) is 0.362. The van der Waals surface area contributed by atoms with Crippen molar-refractivity contribution in [3.8, 4) is 6.07 Å². The van der Waals surface area contributed by atoms with Crippen molar-refractivity contribution in [2.75, 3.05) is 13.1 Å². The maximum absolute atomic E-state index is 13.1. The number of nitrogens with one attached hydrogen (secondary N) is 1. The highest BCUT2D eigenvalue weighted by Crippen LogP contribution is 2.18. The van der Waals surface area contributed by atoms with Crippen LogP contribution >= 0.6 is 0 Å². The van der Waals surface area contributed by atoms with Gasteiger partial charge < -0.3 is 0 Å². The number of nitriles is 1. The average Bonchev–Trinajstić information content (AvgIpc) is 2.37. The van der Waals surface area contributed by atoms with Gasteiger partial charge in [-0.05, 0) is 48.7 Å². The van der Waals surface area contributed by atoms with Crippen LogP contribution in [0.1, 0.15) is 23.6 Å². The van der Waals surface area contributed by atoms with E-state index in [1.165, 1.54) is 12.1 Å². The van der Waals surface area contributed by atoms with Gasteiger partial charge in [0, 0.05) is 11.5 Å². The van der Waals surface area contributed by atoms with E-state index in [9.17, 15) is 4.39 Å². The van der Waals surface area contributed by atoms with Gasteiger partial charge in [0.25, 0.3) is 0 Å². The van der Waals surface area contributed by atoms with Crippen molar-refractivity contribution in [2.24, 2.45) is 5.11 Å². The summed E-state index contributed by atoms with van der Waals surface area (Å²) < 4.78 is 13.1. The van der Waals surface area contributed by atoms with Crippen molar-refractivity contribution >= 4 is 0 Å². The Morgan fingerprint density at radius 1 is 1.61 bits per heavy atom. The number of nitrogens with zero attached hydrogens (tertiary/aromatic N) is 4. The molecule has 1 aromatic rings. The van der Waals surface area contributed by atoms with Gasteiger partial charge >= 0.3 is 0 Å². The van der Waals surface area contributed by atoms with Crippen molar-refractivity contribution in [3.63, 3.8) is 0 Å². The van der Waals surface area contributed by atoms with E-state index >= 15 is 0 Å². The third kappa shape index (κ3) is 4.06. The Morgan fingerprint density at radius 2 is 2.39 bits per heavy atom. The fraction of sp³-hybridized carbons (Fsp3) is 0.417. The van der Waals surface area contributed by atoms with Gasteiger partial charge in [-0.1, -0.05) is 11.2 Å². The average molecular weight is 247 g/mol. The third-order valence-corrected chi connectivity index (χ3v) is 2.53. The van der Waals surface area contributed by atoms with Crippen LogP contribution in [0.3, 0.4) is 0 Å². The SMILES string of the molecule is Cc1ccc(F)cc1C(C#N)NCCCN=[N+]=[N-]. The van der Waals surface area contributed by atoms with Crippen molar-refractivity contribution in [2.45, 2.75) is 19.4 Å². The molecule has 0 aliphatic heterocycles. The minimum Gasteiger partial charge on any atom is -0.298 e. The van der Waals surface area contributed by atoms with Crippen LogP contribution < -0.4 is 5.32 Å². The minimum atomic E-state index is -0.549. The lowest BCUT2D eigenvalue weighted by Gasteiger charge is -2.14. The second-order valence-corrected chi connectivity index (χ2v) is 3.83. The van der Waals surface area contributed by atoms with Gasteiger partial charge in [-0.25, -0.2) is 4.39 Å². The van der Waals surface area contributed by atoms with Crippen molar-refractivity contribution < 1.29 is 4.39 Å². The molecule has 0 amide bonds. The maximum Gasteiger partial charge on any atom is 0.123 e. The van der Waals surface area contributed by atoms with Crippen LogP contribution in [0, 0.1) is 24.1 Å². The molecule has 0 aliphatic carbocycles. The summed E-state index contributed by atoms with van der Waals surface area (Å²) in [6.45, 7) is 2.75. The first-order chi connectivity index (χ1) is 8.69. The van der Waals surface area contributed by atoms with E-state index in [2.05, 4.69) is 21.4 Å². The van der Waals surface area contributed by atoms with Gasteiger partial charge in [-0.3, -0.25) is 5.32 Å². The molecular formula is C12H14FN5. The molecule has 0 fully saturated rings. The molecule has 5 nitrogen and oxygen atoms in total. The molecule has 1 N–H and O–H groups in total.